The van der Waals surface area contributed by atoms with E-state index in [1.807, 2.05) is 18.2 Å². The Hall–Kier alpha value is -1.99. The topological polar surface area (TPSA) is 71.0 Å². The van der Waals surface area contributed by atoms with Gasteiger partial charge in [0.1, 0.15) is 11.5 Å². The molecule has 0 radical (unpaired) electrons. The Labute approximate surface area is 204 Å². The van der Waals surface area contributed by atoms with Gasteiger partial charge in [0.05, 0.1) is 37.1 Å². The van der Waals surface area contributed by atoms with Gasteiger partial charge in [0, 0.05) is 35.2 Å². The van der Waals surface area contributed by atoms with Crippen LogP contribution in [0.2, 0.25) is 10.0 Å². The van der Waals surface area contributed by atoms with Gasteiger partial charge in [0.15, 0.2) is 0 Å². The normalized spacial score (nSPS) is 25.2. The number of carbonyl (C=O) groups is 1. The Morgan fingerprint density at radius 3 is 2.70 bits per heavy atom. The van der Waals surface area contributed by atoms with E-state index in [-0.39, 0.29) is 24.4 Å². The maximum Gasteiger partial charge on any atom is 0.238 e. The number of hydrogen-bond donors (Lipinski definition) is 2. The van der Waals surface area contributed by atoms with Crippen LogP contribution in [0.1, 0.15) is 43.7 Å². The van der Waals surface area contributed by atoms with Gasteiger partial charge in [-0.25, -0.2) is 0 Å². The molecular formula is C25H30Cl2N2O4. The molecule has 2 N–H and O–H groups in total. The summed E-state index contributed by atoms with van der Waals surface area (Å²) in [6.45, 7) is 0.778. The van der Waals surface area contributed by atoms with Gasteiger partial charge in [-0.15, -0.1) is 0 Å². The van der Waals surface area contributed by atoms with E-state index in [0.717, 1.165) is 31.2 Å². The van der Waals surface area contributed by atoms with E-state index in [0.29, 0.717) is 40.2 Å². The second-order valence-electron chi connectivity index (χ2n) is 8.90. The highest BCUT2D eigenvalue weighted by molar-refractivity contribution is 6.36. The highest BCUT2D eigenvalue weighted by Gasteiger charge is 2.49. The summed E-state index contributed by atoms with van der Waals surface area (Å²) in [5.41, 5.74) is 0.747. The van der Waals surface area contributed by atoms with Crippen molar-refractivity contribution in [2.75, 3.05) is 32.6 Å². The molecule has 2 aromatic carbocycles. The zero-order valence-corrected chi connectivity index (χ0v) is 20.5. The third kappa shape index (κ3) is 5.09. The number of benzene rings is 2. The first-order valence-corrected chi connectivity index (χ1v) is 12.0. The van der Waals surface area contributed by atoms with Gasteiger partial charge >= 0.3 is 0 Å². The minimum absolute atomic E-state index is 0.00853. The second kappa shape index (κ2) is 10.1. The van der Waals surface area contributed by atoms with Gasteiger partial charge in [0.25, 0.3) is 0 Å². The quantitative estimate of drug-likeness (QED) is 0.570. The molecule has 1 amide bonds. The van der Waals surface area contributed by atoms with Gasteiger partial charge in [-0.3, -0.25) is 9.69 Å². The number of hydrogen-bond acceptors (Lipinski definition) is 5. The summed E-state index contributed by atoms with van der Waals surface area (Å²) in [5, 5.41) is 15.3. The largest absolute Gasteiger partial charge is 0.497 e. The van der Waals surface area contributed by atoms with Gasteiger partial charge < -0.3 is 19.9 Å². The van der Waals surface area contributed by atoms with Crippen LogP contribution in [0.15, 0.2) is 36.4 Å². The summed E-state index contributed by atoms with van der Waals surface area (Å²) in [7, 11) is 3.25. The number of amides is 1. The molecule has 6 nitrogen and oxygen atoms in total. The van der Waals surface area contributed by atoms with Crippen molar-refractivity contribution in [3.8, 4) is 11.5 Å². The van der Waals surface area contributed by atoms with Crippen molar-refractivity contribution in [3.05, 3.63) is 52.0 Å². The number of fused-ring (bicyclic) bond motifs is 1. The lowest BCUT2D eigenvalue weighted by atomic mass is 9.66. The molecule has 0 bridgehead atoms. The fourth-order valence-corrected chi connectivity index (χ4v) is 5.82. The zero-order valence-electron chi connectivity index (χ0n) is 18.9. The molecule has 3 unspecified atom stereocenters. The van der Waals surface area contributed by atoms with Crippen molar-refractivity contribution in [1.29, 1.82) is 0 Å². The smallest absolute Gasteiger partial charge is 0.238 e. The number of aliphatic hydroxyl groups is 1. The minimum Gasteiger partial charge on any atom is -0.497 e. The lowest BCUT2D eigenvalue weighted by molar-refractivity contribution is -0.135. The highest BCUT2D eigenvalue weighted by Crippen LogP contribution is 2.51. The van der Waals surface area contributed by atoms with Crippen LogP contribution in [0.25, 0.3) is 0 Å². The maximum absolute atomic E-state index is 13.0. The van der Waals surface area contributed by atoms with Crippen molar-refractivity contribution in [2.24, 2.45) is 5.92 Å². The molecule has 3 atom stereocenters. The van der Waals surface area contributed by atoms with Gasteiger partial charge in [0.2, 0.25) is 5.91 Å². The SMILES string of the molecule is COc1ccc(C2C3CCCCC3(O)CCN2CC(=O)Nc2ccc(Cl)cc2Cl)c(OC)c1. The molecular weight excluding hydrogens is 463 g/mol. The molecule has 178 valence electrons. The van der Waals surface area contributed by atoms with E-state index in [2.05, 4.69) is 10.2 Å². The third-order valence-corrected chi connectivity index (χ3v) is 7.53. The summed E-state index contributed by atoms with van der Waals surface area (Å²) in [4.78, 5) is 15.2. The standard InChI is InChI=1S/C25H30Cl2N2O4/c1-32-17-7-8-18(22(14-17)33-2)24-19-5-3-4-10-25(19,31)11-12-29(24)15-23(30)28-21-9-6-16(26)13-20(21)27/h6-9,13-14,19,24,31H,3-5,10-12,15H2,1-2H3,(H,28,30). The average Bonchev–Trinajstić information content (AvgIpc) is 2.80. The molecule has 1 saturated carbocycles. The zero-order chi connectivity index (χ0) is 23.6. The summed E-state index contributed by atoms with van der Waals surface area (Å²) >= 11 is 12.2. The molecule has 2 aliphatic rings. The van der Waals surface area contributed by atoms with Gasteiger partial charge in [-0.2, -0.15) is 0 Å². The van der Waals surface area contributed by atoms with E-state index in [9.17, 15) is 9.90 Å². The van der Waals surface area contributed by atoms with Crippen LogP contribution in [0, 0.1) is 5.92 Å². The Balaban J connectivity index is 1.64. The molecule has 4 rings (SSSR count). The Morgan fingerprint density at radius 2 is 1.97 bits per heavy atom. The molecule has 2 fully saturated rings. The average molecular weight is 493 g/mol. The van der Waals surface area contributed by atoms with Crippen molar-refractivity contribution in [3.63, 3.8) is 0 Å². The van der Waals surface area contributed by atoms with Crippen molar-refractivity contribution in [1.82, 2.24) is 4.90 Å². The number of nitrogens with one attached hydrogen (secondary N) is 1. The maximum atomic E-state index is 13.0. The Kier molecular flexibility index (Phi) is 7.39. The number of rotatable bonds is 6. The molecule has 0 aromatic heterocycles. The van der Waals surface area contributed by atoms with E-state index in [1.165, 1.54) is 0 Å². The molecule has 8 heteroatoms. The predicted octanol–water partition coefficient (Wildman–Crippen LogP) is 5.32. The fourth-order valence-electron chi connectivity index (χ4n) is 5.36. The summed E-state index contributed by atoms with van der Waals surface area (Å²) < 4.78 is 11.1. The highest BCUT2D eigenvalue weighted by atomic mass is 35.5. The molecule has 1 saturated heterocycles. The van der Waals surface area contributed by atoms with Crippen LogP contribution in [0.5, 0.6) is 11.5 Å². The van der Waals surface area contributed by atoms with Crippen LogP contribution in [-0.4, -0.2) is 48.8 Å². The van der Waals surface area contributed by atoms with Crippen LogP contribution in [0.4, 0.5) is 5.69 Å². The summed E-state index contributed by atoms with van der Waals surface area (Å²) in [5.74, 6) is 1.24. The summed E-state index contributed by atoms with van der Waals surface area (Å²) in [6, 6.07) is 10.6. The van der Waals surface area contributed by atoms with Crippen molar-refractivity contribution in [2.45, 2.75) is 43.7 Å². The van der Waals surface area contributed by atoms with Crippen LogP contribution >= 0.6 is 23.2 Å². The van der Waals surface area contributed by atoms with Crippen LogP contribution in [-0.2, 0) is 4.79 Å². The number of carbonyl (C=O) groups excluding carboxylic acids is 1. The number of nitrogens with zero attached hydrogens (tertiary/aromatic N) is 1. The van der Waals surface area contributed by atoms with E-state index >= 15 is 0 Å². The number of methoxy groups -OCH3 is 2. The van der Waals surface area contributed by atoms with Gasteiger partial charge in [-0.05, 0) is 43.5 Å². The molecule has 2 aromatic rings. The number of likely N-dealkylation sites (tertiary alicyclic amines) is 1. The van der Waals surface area contributed by atoms with E-state index in [1.54, 1.807) is 32.4 Å². The monoisotopic (exact) mass is 492 g/mol. The molecule has 33 heavy (non-hydrogen) atoms. The lowest BCUT2D eigenvalue weighted by Gasteiger charge is -2.52. The fraction of sp³-hybridized carbons (Fsp3) is 0.480. The lowest BCUT2D eigenvalue weighted by Crippen LogP contribution is -2.56. The number of anilines is 1. The first-order chi connectivity index (χ1) is 15.8. The number of piperidine rings is 1. The van der Waals surface area contributed by atoms with Crippen molar-refractivity contribution < 1.29 is 19.4 Å². The minimum atomic E-state index is -0.736. The van der Waals surface area contributed by atoms with E-state index in [4.69, 9.17) is 32.7 Å². The third-order valence-electron chi connectivity index (χ3n) is 6.98. The Morgan fingerprint density at radius 1 is 1.15 bits per heavy atom. The van der Waals surface area contributed by atoms with Crippen LogP contribution < -0.4 is 14.8 Å². The van der Waals surface area contributed by atoms with Gasteiger partial charge in [-0.1, -0.05) is 42.1 Å². The number of halogens is 2. The van der Waals surface area contributed by atoms with E-state index < -0.39 is 5.60 Å². The Bertz CT molecular complexity index is 1020. The van der Waals surface area contributed by atoms with Crippen molar-refractivity contribution >= 4 is 34.8 Å². The first kappa shape index (κ1) is 24.1. The first-order valence-electron chi connectivity index (χ1n) is 11.3. The predicted molar refractivity (Wildman–Crippen MR) is 130 cm³/mol. The second-order valence-corrected chi connectivity index (χ2v) is 9.75. The molecule has 0 spiro atoms. The van der Waals surface area contributed by atoms with Crippen LogP contribution in [0.3, 0.4) is 0 Å². The molecule has 1 aliphatic carbocycles. The summed E-state index contributed by atoms with van der Waals surface area (Å²) in [6.07, 6.45) is 4.41. The molecule has 1 aliphatic heterocycles. The number of ether oxygens (including phenoxy) is 2. The molecule has 1 heterocycles.